The first-order valence-corrected chi connectivity index (χ1v) is 13.5. The number of hydrogen-bond acceptors (Lipinski definition) is 11. The number of nitrogens with two attached hydrogens (primary N) is 2. The van der Waals surface area contributed by atoms with Crippen molar-refractivity contribution in [3.05, 3.63) is 39.5 Å². The molecule has 1 aliphatic heterocycles. The van der Waals surface area contributed by atoms with Gasteiger partial charge in [0, 0.05) is 36.7 Å². The van der Waals surface area contributed by atoms with Crippen molar-refractivity contribution in [1.29, 1.82) is 0 Å². The molecule has 1 spiro atoms. The maximum atomic E-state index is 14.1. The monoisotopic (exact) mass is 557 g/mol. The molecule has 4 aliphatic rings. The number of carbonyl (C=O) groups excluding carboxylic acids is 2. The van der Waals surface area contributed by atoms with Gasteiger partial charge in [-0.15, -0.1) is 0 Å². The number of pyridine rings is 1. The Kier molecular flexibility index (Phi) is 6.31. The van der Waals surface area contributed by atoms with Crippen LogP contribution in [-0.2, 0) is 22.4 Å². The van der Waals surface area contributed by atoms with E-state index in [9.17, 15) is 30.0 Å². The Hall–Kier alpha value is -3.19. The molecule has 40 heavy (non-hydrogen) atoms. The van der Waals surface area contributed by atoms with Gasteiger partial charge in [-0.05, 0) is 66.0 Å². The molecule has 5 rings (SSSR count). The van der Waals surface area contributed by atoms with Crippen LogP contribution in [0.2, 0.25) is 0 Å². The molecule has 218 valence electrons. The molecule has 5 atom stereocenters. The number of amides is 1. The van der Waals surface area contributed by atoms with Crippen molar-refractivity contribution >= 4 is 17.5 Å². The number of rotatable bonds is 7. The van der Waals surface area contributed by atoms with E-state index in [4.69, 9.17) is 21.2 Å². The Morgan fingerprint density at radius 2 is 1.85 bits per heavy atom. The fraction of sp³-hybridized carbons (Fsp3) is 0.607. The highest BCUT2D eigenvalue weighted by Crippen LogP contribution is 2.68. The zero-order chi connectivity index (χ0) is 29.7. The van der Waals surface area contributed by atoms with E-state index in [0.29, 0.717) is 36.3 Å². The number of aliphatic hydroxyl groups is 3. The number of carbonyl (C=O) groups is 2. The zero-order valence-electron chi connectivity index (χ0n) is 23.8. The number of nitrogens with zero attached hydrogens (tertiary/aromatic N) is 3. The first kappa shape index (κ1) is 28.3. The minimum absolute atomic E-state index is 0.0163. The summed E-state index contributed by atoms with van der Waals surface area (Å²) in [6.45, 7) is 3.83. The van der Waals surface area contributed by atoms with Gasteiger partial charge in [-0.1, -0.05) is 0 Å². The van der Waals surface area contributed by atoms with Crippen LogP contribution in [0.4, 0.5) is 5.82 Å². The first-order chi connectivity index (χ1) is 18.5. The predicted molar refractivity (Wildman–Crippen MR) is 146 cm³/mol. The number of allylic oxidation sites excluding steroid dienone is 1. The molecule has 1 aromatic heterocycles. The SMILES string of the molecule is CN(C)c1nc(CCCC(C)(C)N)c(O)c2c1C[C@H]1C[C@H]3[C@H](N(C)C)C(O)=C(C(N)=O)C4(O)O[C@]34C(O)=C1C2=O. The van der Waals surface area contributed by atoms with Gasteiger partial charge in [-0.25, -0.2) is 4.98 Å². The standard InChI is InChI=1S/C28H39N5O7/c1-26(2,30)9-7-8-15-20(34)17-13(25(31-15)33(5)6)10-12-11-14-19(32(3)4)22(36)18(24(29)38)28(39)27(14,40-28)23(37)16(12)21(17)35/h12,14,19,34,36-37,39H,7-11,30H2,1-6H3,(H2,29,38)/t12-,14-,19-,27-,28?/m0/s1. The molecule has 0 aromatic carbocycles. The quantitative estimate of drug-likeness (QED) is 0.259. The number of aromatic hydroxyl groups is 1. The Morgan fingerprint density at radius 1 is 1.20 bits per heavy atom. The minimum Gasteiger partial charge on any atom is -0.510 e. The van der Waals surface area contributed by atoms with Crippen molar-refractivity contribution < 1.29 is 34.8 Å². The first-order valence-electron chi connectivity index (χ1n) is 13.5. The maximum Gasteiger partial charge on any atom is 0.253 e. The van der Waals surface area contributed by atoms with Gasteiger partial charge in [0.25, 0.3) is 5.91 Å². The average molecular weight is 558 g/mol. The van der Waals surface area contributed by atoms with Gasteiger partial charge in [-0.2, -0.15) is 0 Å². The summed E-state index contributed by atoms with van der Waals surface area (Å²) in [6, 6.07) is -0.820. The number of aryl methyl sites for hydroxylation is 1. The number of ether oxygens (including phenoxy) is 1. The molecule has 1 saturated heterocycles. The molecule has 8 N–H and O–H groups in total. The fourth-order valence-corrected chi connectivity index (χ4v) is 7.10. The third-order valence-electron chi connectivity index (χ3n) is 8.81. The summed E-state index contributed by atoms with van der Waals surface area (Å²) in [4.78, 5) is 34.6. The maximum absolute atomic E-state index is 14.1. The van der Waals surface area contributed by atoms with Crippen LogP contribution in [0, 0.1) is 11.8 Å². The van der Waals surface area contributed by atoms with Crippen molar-refractivity contribution in [1.82, 2.24) is 9.88 Å². The molecule has 3 aliphatic carbocycles. The molecular weight excluding hydrogens is 518 g/mol. The van der Waals surface area contributed by atoms with E-state index in [-0.39, 0.29) is 29.7 Å². The van der Waals surface area contributed by atoms with Crippen LogP contribution in [0.5, 0.6) is 5.75 Å². The van der Waals surface area contributed by atoms with Gasteiger partial charge >= 0.3 is 0 Å². The molecule has 1 aromatic rings. The second-order valence-electron chi connectivity index (χ2n) is 12.7. The highest BCUT2D eigenvalue weighted by Gasteiger charge is 2.84. The number of epoxide rings is 1. The molecular formula is C28H39N5O7. The van der Waals surface area contributed by atoms with Crippen LogP contribution in [0.15, 0.2) is 22.7 Å². The smallest absolute Gasteiger partial charge is 0.253 e. The predicted octanol–water partition coefficient (Wildman–Crippen LogP) is 0.799. The second kappa shape index (κ2) is 8.90. The van der Waals surface area contributed by atoms with Crippen molar-refractivity contribution in [3.63, 3.8) is 0 Å². The van der Waals surface area contributed by atoms with E-state index >= 15 is 0 Å². The number of primary amides is 1. The molecule has 0 radical (unpaired) electrons. The molecule has 0 bridgehead atoms. The third kappa shape index (κ3) is 3.76. The van der Waals surface area contributed by atoms with Gasteiger partial charge < -0.3 is 41.5 Å². The molecule has 2 heterocycles. The van der Waals surface area contributed by atoms with Gasteiger partial charge in [0.1, 0.15) is 28.7 Å². The molecule has 12 nitrogen and oxygen atoms in total. The average Bonchev–Trinajstić information content (AvgIpc) is 3.44. The number of hydrogen-bond donors (Lipinski definition) is 6. The molecule has 1 amide bonds. The van der Waals surface area contributed by atoms with Crippen LogP contribution in [-0.4, -0.2) is 93.2 Å². The summed E-state index contributed by atoms with van der Waals surface area (Å²) in [5, 5.41) is 45.5. The van der Waals surface area contributed by atoms with Gasteiger partial charge in [0.15, 0.2) is 11.4 Å². The van der Waals surface area contributed by atoms with Crippen LogP contribution in [0.1, 0.15) is 54.7 Å². The van der Waals surface area contributed by atoms with Crippen molar-refractivity contribution in [3.8, 4) is 5.75 Å². The Balaban J connectivity index is 1.65. The van der Waals surface area contributed by atoms with Gasteiger partial charge in [-0.3, -0.25) is 14.5 Å². The lowest BCUT2D eigenvalue weighted by Gasteiger charge is -2.46. The molecule has 1 unspecified atom stereocenters. The number of aliphatic hydroxyl groups excluding tert-OH is 2. The fourth-order valence-electron chi connectivity index (χ4n) is 7.10. The van der Waals surface area contributed by atoms with Crippen molar-refractivity contribution in [2.75, 3.05) is 33.1 Å². The Labute approximate surface area is 232 Å². The minimum atomic E-state index is -2.38. The van der Waals surface area contributed by atoms with Gasteiger partial charge in [0.2, 0.25) is 5.79 Å². The van der Waals surface area contributed by atoms with E-state index in [1.165, 1.54) is 0 Å². The Morgan fingerprint density at radius 3 is 2.40 bits per heavy atom. The van der Waals surface area contributed by atoms with Crippen LogP contribution in [0.25, 0.3) is 0 Å². The summed E-state index contributed by atoms with van der Waals surface area (Å²) in [5.74, 6) is -5.89. The van der Waals surface area contributed by atoms with Crippen LogP contribution < -0.4 is 16.4 Å². The largest absolute Gasteiger partial charge is 0.510 e. The number of aromatic nitrogens is 1. The number of fused-ring (bicyclic) bond motifs is 2. The topological polar surface area (TPSA) is 199 Å². The lowest BCUT2D eigenvalue weighted by Crippen LogP contribution is -2.57. The van der Waals surface area contributed by atoms with E-state index in [1.54, 1.807) is 23.9 Å². The van der Waals surface area contributed by atoms with Gasteiger partial charge in [0.05, 0.1) is 17.3 Å². The molecule has 12 heteroatoms. The van der Waals surface area contributed by atoms with Crippen molar-refractivity contribution in [2.45, 2.75) is 68.9 Å². The van der Waals surface area contributed by atoms with Crippen LogP contribution >= 0.6 is 0 Å². The van der Waals surface area contributed by atoms with Crippen molar-refractivity contribution in [2.24, 2.45) is 23.3 Å². The molecule has 0 saturated carbocycles. The molecule has 1 fully saturated rings. The number of Topliss-reactive ketones (excluding diaryl/α,β-unsaturated/α-hetero) is 1. The second-order valence-corrected chi connectivity index (χ2v) is 12.7. The lowest BCUT2D eigenvalue weighted by molar-refractivity contribution is -0.117. The number of ketones is 1. The Bertz CT molecular complexity index is 1380. The van der Waals surface area contributed by atoms with E-state index in [1.807, 2.05) is 27.9 Å². The lowest BCUT2D eigenvalue weighted by atomic mass is 9.60. The number of likely N-dealkylation sites (N-methyl/N-ethyl adjacent to an activating group) is 1. The van der Waals surface area contributed by atoms with Crippen LogP contribution in [0.3, 0.4) is 0 Å². The normalized spacial score (nSPS) is 31.0. The van der Waals surface area contributed by atoms with E-state index < -0.39 is 63.6 Å². The number of anilines is 1. The third-order valence-corrected chi connectivity index (χ3v) is 8.81. The summed E-state index contributed by atoms with van der Waals surface area (Å²) >= 11 is 0. The summed E-state index contributed by atoms with van der Waals surface area (Å²) in [7, 11) is 7.00. The zero-order valence-corrected chi connectivity index (χ0v) is 23.8. The summed E-state index contributed by atoms with van der Waals surface area (Å²) in [5.41, 5.74) is 9.88. The summed E-state index contributed by atoms with van der Waals surface area (Å²) < 4.78 is 5.74. The summed E-state index contributed by atoms with van der Waals surface area (Å²) in [6.07, 6.45) is 2.24. The van der Waals surface area contributed by atoms with E-state index in [2.05, 4.69) is 0 Å². The van der Waals surface area contributed by atoms with E-state index in [0.717, 1.165) is 0 Å². The highest BCUT2D eigenvalue weighted by atomic mass is 16.8. The highest BCUT2D eigenvalue weighted by molar-refractivity contribution is 6.14.